The lowest BCUT2D eigenvalue weighted by atomic mass is 10.2. The van der Waals surface area contributed by atoms with Crippen LogP contribution in [-0.4, -0.2) is 29.3 Å². The molecule has 0 saturated carbocycles. The summed E-state index contributed by atoms with van der Waals surface area (Å²) in [7, 11) is 1.52. The van der Waals surface area contributed by atoms with Gasteiger partial charge in [0.2, 0.25) is 0 Å². The van der Waals surface area contributed by atoms with E-state index in [4.69, 9.17) is 10.5 Å². The van der Waals surface area contributed by atoms with E-state index in [2.05, 4.69) is 10.4 Å². The normalized spacial score (nSPS) is 10.3. The van der Waals surface area contributed by atoms with Crippen molar-refractivity contribution in [2.75, 3.05) is 19.4 Å². The first kappa shape index (κ1) is 13.9. The van der Waals surface area contributed by atoms with Crippen LogP contribution in [0.25, 0.3) is 0 Å². The minimum Gasteiger partial charge on any atom is -0.495 e. The van der Waals surface area contributed by atoms with Crippen molar-refractivity contribution in [3.63, 3.8) is 0 Å². The number of anilines is 1. The van der Waals surface area contributed by atoms with Gasteiger partial charge in [-0.25, -0.2) is 0 Å². The van der Waals surface area contributed by atoms with Crippen molar-refractivity contribution in [2.45, 2.75) is 13.5 Å². The topological polar surface area (TPSA) is 82.2 Å². The van der Waals surface area contributed by atoms with Crippen LogP contribution in [0.1, 0.15) is 15.9 Å². The summed E-state index contributed by atoms with van der Waals surface area (Å²) in [5.74, 6) is 0.340. The van der Waals surface area contributed by atoms with Gasteiger partial charge >= 0.3 is 0 Å². The summed E-state index contributed by atoms with van der Waals surface area (Å²) in [5.41, 5.74) is 7.84. The average Bonchev–Trinajstić information content (AvgIpc) is 2.85. The van der Waals surface area contributed by atoms with E-state index in [9.17, 15) is 4.79 Å². The number of hydrogen-bond acceptors (Lipinski definition) is 4. The standard InChI is InChI=1S/C14H18N4O2/c1-10-8-17-18(9-10)6-5-16-14(19)11-3-4-12(15)13(7-11)20-2/h3-4,7-9H,5-6,15H2,1-2H3,(H,16,19). The van der Waals surface area contributed by atoms with Gasteiger partial charge in [-0.05, 0) is 30.7 Å². The summed E-state index contributed by atoms with van der Waals surface area (Å²) in [6.45, 7) is 3.11. The molecule has 1 aromatic carbocycles. The zero-order valence-electron chi connectivity index (χ0n) is 11.6. The number of methoxy groups -OCH3 is 1. The first-order valence-electron chi connectivity index (χ1n) is 6.31. The number of amides is 1. The number of carbonyl (C=O) groups is 1. The van der Waals surface area contributed by atoms with Crippen molar-refractivity contribution in [3.05, 3.63) is 41.7 Å². The van der Waals surface area contributed by atoms with Crippen LogP contribution in [0, 0.1) is 6.92 Å². The van der Waals surface area contributed by atoms with Crippen molar-refractivity contribution < 1.29 is 9.53 Å². The molecule has 0 unspecified atom stereocenters. The monoisotopic (exact) mass is 274 g/mol. The second-order valence-corrected chi connectivity index (χ2v) is 4.49. The number of nitrogens with two attached hydrogens (primary N) is 1. The number of nitrogens with one attached hydrogen (secondary N) is 1. The number of aryl methyl sites for hydroxylation is 1. The number of nitrogen functional groups attached to an aromatic ring is 1. The minimum absolute atomic E-state index is 0.160. The SMILES string of the molecule is COc1cc(C(=O)NCCn2cc(C)cn2)ccc1N. The smallest absolute Gasteiger partial charge is 0.251 e. The maximum Gasteiger partial charge on any atom is 0.251 e. The minimum atomic E-state index is -0.160. The number of benzene rings is 1. The maximum absolute atomic E-state index is 12.0. The Bertz CT molecular complexity index is 607. The van der Waals surface area contributed by atoms with Crippen LogP contribution in [0.2, 0.25) is 0 Å². The third-order valence-corrected chi connectivity index (χ3v) is 2.88. The fraction of sp³-hybridized carbons (Fsp3) is 0.286. The molecule has 1 heterocycles. The summed E-state index contributed by atoms with van der Waals surface area (Å²) in [4.78, 5) is 12.0. The Hall–Kier alpha value is -2.50. The zero-order valence-corrected chi connectivity index (χ0v) is 11.6. The highest BCUT2D eigenvalue weighted by molar-refractivity contribution is 5.95. The second-order valence-electron chi connectivity index (χ2n) is 4.49. The number of hydrogen-bond donors (Lipinski definition) is 2. The van der Waals surface area contributed by atoms with E-state index in [-0.39, 0.29) is 5.91 Å². The summed E-state index contributed by atoms with van der Waals surface area (Å²) in [6, 6.07) is 4.96. The van der Waals surface area contributed by atoms with E-state index in [1.165, 1.54) is 7.11 Å². The highest BCUT2D eigenvalue weighted by Gasteiger charge is 2.08. The second kappa shape index (κ2) is 6.10. The average molecular weight is 274 g/mol. The molecule has 1 aromatic heterocycles. The van der Waals surface area contributed by atoms with Crippen LogP contribution in [0.5, 0.6) is 5.75 Å². The van der Waals surface area contributed by atoms with Crippen molar-refractivity contribution in [2.24, 2.45) is 0 Å². The molecule has 2 aromatic rings. The van der Waals surface area contributed by atoms with Gasteiger partial charge in [0.05, 0.1) is 25.5 Å². The molecular weight excluding hydrogens is 256 g/mol. The highest BCUT2D eigenvalue weighted by atomic mass is 16.5. The van der Waals surface area contributed by atoms with Crippen LogP contribution >= 0.6 is 0 Å². The molecule has 106 valence electrons. The van der Waals surface area contributed by atoms with Gasteiger partial charge < -0.3 is 15.8 Å². The largest absolute Gasteiger partial charge is 0.495 e. The number of aromatic nitrogens is 2. The quantitative estimate of drug-likeness (QED) is 0.803. The van der Waals surface area contributed by atoms with Crippen LogP contribution in [0.15, 0.2) is 30.6 Å². The van der Waals surface area contributed by atoms with Crippen molar-refractivity contribution in [1.82, 2.24) is 15.1 Å². The van der Waals surface area contributed by atoms with Gasteiger partial charge in [0, 0.05) is 18.3 Å². The Morgan fingerprint density at radius 3 is 2.95 bits per heavy atom. The van der Waals surface area contributed by atoms with E-state index < -0.39 is 0 Å². The molecule has 2 rings (SSSR count). The first-order valence-corrected chi connectivity index (χ1v) is 6.31. The molecule has 0 aliphatic carbocycles. The number of ether oxygens (including phenoxy) is 1. The molecule has 3 N–H and O–H groups in total. The lowest BCUT2D eigenvalue weighted by Crippen LogP contribution is -2.27. The van der Waals surface area contributed by atoms with Crippen molar-refractivity contribution in [3.8, 4) is 5.75 Å². The molecule has 0 fully saturated rings. The molecule has 0 saturated heterocycles. The molecule has 0 aliphatic rings. The van der Waals surface area contributed by atoms with E-state index >= 15 is 0 Å². The lowest BCUT2D eigenvalue weighted by Gasteiger charge is -2.08. The summed E-state index contributed by atoms with van der Waals surface area (Å²) in [5, 5.41) is 6.98. The van der Waals surface area contributed by atoms with Gasteiger partial charge in [-0.3, -0.25) is 9.48 Å². The number of nitrogens with zero attached hydrogens (tertiary/aromatic N) is 2. The van der Waals surface area contributed by atoms with Crippen LogP contribution in [0.3, 0.4) is 0 Å². The Labute approximate surface area is 117 Å². The van der Waals surface area contributed by atoms with Crippen LogP contribution in [0.4, 0.5) is 5.69 Å². The molecule has 1 amide bonds. The van der Waals surface area contributed by atoms with Crippen molar-refractivity contribution >= 4 is 11.6 Å². The number of rotatable bonds is 5. The van der Waals surface area contributed by atoms with E-state index in [1.807, 2.05) is 13.1 Å². The highest BCUT2D eigenvalue weighted by Crippen LogP contribution is 2.21. The molecule has 0 radical (unpaired) electrons. The van der Waals surface area contributed by atoms with Gasteiger partial charge in [0.1, 0.15) is 5.75 Å². The molecule has 20 heavy (non-hydrogen) atoms. The fourth-order valence-corrected chi connectivity index (χ4v) is 1.83. The van der Waals surface area contributed by atoms with Crippen LogP contribution in [-0.2, 0) is 6.54 Å². The Kier molecular flexibility index (Phi) is 4.24. The zero-order chi connectivity index (χ0) is 14.5. The molecule has 6 nitrogen and oxygen atoms in total. The van der Waals surface area contributed by atoms with Crippen LogP contribution < -0.4 is 15.8 Å². The lowest BCUT2D eigenvalue weighted by molar-refractivity contribution is 0.0951. The van der Waals surface area contributed by atoms with Gasteiger partial charge in [-0.2, -0.15) is 5.10 Å². The first-order chi connectivity index (χ1) is 9.60. The molecule has 0 atom stereocenters. The predicted molar refractivity (Wildman–Crippen MR) is 76.7 cm³/mol. The van der Waals surface area contributed by atoms with E-state index in [0.717, 1.165) is 5.56 Å². The summed E-state index contributed by atoms with van der Waals surface area (Å²) in [6.07, 6.45) is 3.71. The van der Waals surface area contributed by atoms with Gasteiger partial charge in [-0.1, -0.05) is 0 Å². The van der Waals surface area contributed by atoms with Gasteiger partial charge in [-0.15, -0.1) is 0 Å². The van der Waals surface area contributed by atoms with Crippen molar-refractivity contribution in [1.29, 1.82) is 0 Å². The molecule has 0 aliphatic heterocycles. The molecule has 6 heteroatoms. The third kappa shape index (κ3) is 3.28. The molecular formula is C14H18N4O2. The van der Waals surface area contributed by atoms with Gasteiger partial charge in [0.25, 0.3) is 5.91 Å². The summed E-state index contributed by atoms with van der Waals surface area (Å²) < 4.78 is 6.88. The van der Waals surface area contributed by atoms with Gasteiger partial charge in [0.15, 0.2) is 0 Å². The Morgan fingerprint density at radius 1 is 1.50 bits per heavy atom. The maximum atomic E-state index is 12.0. The Balaban J connectivity index is 1.91. The fourth-order valence-electron chi connectivity index (χ4n) is 1.83. The molecule has 0 spiro atoms. The van der Waals surface area contributed by atoms with E-state index in [1.54, 1.807) is 29.1 Å². The third-order valence-electron chi connectivity index (χ3n) is 2.88. The molecule has 0 bridgehead atoms. The number of carbonyl (C=O) groups excluding carboxylic acids is 1. The summed E-state index contributed by atoms with van der Waals surface area (Å²) >= 11 is 0. The van der Waals surface area contributed by atoms with E-state index in [0.29, 0.717) is 30.1 Å². The Morgan fingerprint density at radius 2 is 2.30 bits per heavy atom. The predicted octanol–water partition coefficient (Wildman–Crippen LogP) is 1.21.